The van der Waals surface area contributed by atoms with Crippen LogP contribution in [0, 0.1) is 11.7 Å². The summed E-state index contributed by atoms with van der Waals surface area (Å²) in [5.74, 6) is 1.12. The Bertz CT molecular complexity index is 1280. The molecule has 0 saturated carbocycles. The lowest BCUT2D eigenvalue weighted by Crippen LogP contribution is -2.36. The number of hydrogen-bond acceptors (Lipinski definition) is 6. The van der Waals surface area contributed by atoms with Crippen LogP contribution in [0.3, 0.4) is 0 Å². The van der Waals surface area contributed by atoms with E-state index in [1.807, 2.05) is 45.2 Å². The Hall–Kier alpha value is -3.49. The van der Waals surface area contributed by atoms with E-state index in [0.29, 0.717) is 36.1 Å². The van der Waals surface area contributed by atoms with Gasteiger partial charge in [0.05, 0.1) is 32.8 Å². The van der Waals surface area contributed by atoms with Gasteiger partial charge in [-0.05, 0) is 85.7 Å². The highest BCUT2D eigenvalue weighted by Crippen LogP contribution is 2.29. The van der Waals surface area contributed by atoms with Crippen molar-refractivity contribution in [2.45, 2.75) is 53.0 Å². The van der Waals surface area contributed by atoms with Crippen molar-refractivity contribution in [1.29, 1.82) is 0 Å². The van der Waals surface area contributed by atoms with E-state index in [1.54, 1.807) is 6.07 Å². The van der Waals surface area contributed by atoms with Gasteiger partial charge in [-0.1, -0.05) is 26.0 Å². The monoisotopic (exact) mass is 577 g/mol. The second kappa shape index (κ2) is 16.2. The Morgan fingerprint density at radius 1 is 1.05 bits per heavy atom. The van der Waals surface area contributed by atoms with Crippen molar-refractivity contribution in [2.24, 2.45) is 5.92 Å². The number of nitrogens with one attached hydrogen (secondary N) is 1. The van der Waals surface area contributed by atoms with Gasteiger partial charge in [-0.15, -0.1) is 0 Å². The van der Waals surface area contributed by atoms with E-state index in [1.165, 1.54) is 17.7 Å². The minimum absolute atomic E-state index is 0.143. The number of unbranched alkanes of at least 4 members (excludes halogenated alkanes) is 1. The summed E-state index contributed by atoms with van der Waals surface area (Å²) in [6.45, 7) is 12.2. The number of carbonyl (C=O) groups excluding carboxylic acids is 1. The number of morpholine rings is 1. The number of pyridine rings is 1. The molecule has 4 rings (SSSR count). The van der Waals surface area contributed by atoms with Gasteiger partial charge < -0.3 is 19.5 Å². The Kier molecular flexibility index (Phi) is 12.1. The second-order valence-electron chi connectivity index (χ2n) is 11.2. The third kappa shape index (κ3) is 10.1. The Morgan fingerprint density at radius 2 is 1.88 bits per heavy atom. The highest BCUT2D eigenvalue weighted by atomic mass is 19.1. The number of carbonyl (C=O) groups is 1. The molecule has 1 saturated heterocycles. The molecule has 3 aromatic rings. The number of hydrogen-bond donors (Lipinski definition) is 1. The van der Waals surface area contributed by atoms with E-state index >= 15 is 0 Å². The normalized spacial score (nSPS) is 13.7. The summed E-state index contributed by atoms with van der Waals surface area (Å²) in [5, 5.41) is 2.87. The van der Waals surface area contributed by atoms with Gasteiger partial charge in [0.1, 0.15) is 17.3 Å². The number of nitrogens with zero attached hydrogens (tertiary/aromatic N) is 2. The molecule has 2 heterocycles. The van der Waals surface area contributed by atoms with Crippen LogP contribution in [0.2, 0.25) is 0 Å². The molecule has 1 aliphatic heterocycles. The standard InChI is InChI=1S/C34H44FN3O4/c1-4-41-31-10-11-33(27(19-31)7-5-6-12-38-13-15-40-16-14-38)28-8-9-30(36-23-28)21-34(39)37-22-26-17-29(35)20-32(18-26)42-24-25(2)3/h8-11,17-20,23,25H,4-7,12-16,21-22,24H2,1-3H3,(H,37,39). The fraction of sp³-hybridized carbons (Fsp3) is 0.471. The molecule has 0 spiro atoms. The quantitative estimate of drug-likeness (QED) is 0.229. The SMILES string of the molecule is CCOc1ccc(-c2ccc(CC(=O)NCc3cc(F)cc(OCC(C)C)c3)nc2)c(CCCCN2CCOCC2)c1. The molecule has 7 nitrogen and oxygen atoms in total. The van der Waals surface area contributed by atoms with Crippen molar-refractivity contribution in [3.63, 3.8) is 0 Å². The highest BCUT2D eigenvalue weighted by Gasteiger charge is 2.13. The van der Waals surface area contributed by atoms with Crippen LogP contribution in [0.1, 0.15) is 50.4 Å². The summed E-state index contributed by atoms with van der Waals surface area (Å²) < 4.78 is 30.9. The van der Waals surface area contributed by atoms with Gasteiger partial charge >= 0.3 is 0 Å². The van der Waals surface area contributed by atoms with E-state index in [0.717, 1.165) is 69.0 Å². The first-order valence-electron chi connectivity index (χ1n) is 15.1. The molecular weight excluding hydrogens is 533 g/mol. The largest absolute Gasteiger partial charge is 0.494 e. The molecule has 8 heteroatoms. The van der Waals surface area contributed by atoms with Crippen LogP contribution in [-0.2, 0) is 28.9 Å². The van der Waals surface area contributed by atoms with Crippen LogP contribution in [0.25, 0.3) is 11.1 Å². The third-order valence-corrected chi connectivity index (χ3v) is 7.14. The van der Waals surface area contributed by atoms with Crippen molar-refractivity contribution < 1.29 is 23.4 Å². The maximum atomic E-state index is 14.0. The fourth-order valence-corrected chi connectivity index (χ4v) is 4.98. The van der Waals surface area contributed by atoms with E-state index in [4.69, 9.17) is 14.2 Å². The molecule has 0 atom stereocenters. The zero-order chi connectivity index (χ0) is 29.7. The second-order valence-corrected chi connectivity index (χ2v) is 11.2. The Balaban J connectivity index is 1.33. The molecule has 0 bridgehead atoms. The zero-order valence-corrected chi connectivity index (χ0v) is 25.2. The average Bonchev–Trinajstić information content (AvgIpc) is 2.98. The van der Waals surface area contributed by atoms with E-state index in [2.05, 4.69) is 27.3 Å². The average molecular weight is 578 g/mol. The molecule has 42 heavy (non-hydrogen) atoms. The summed E-state index contributed by atoms with van der Waals surface area (Å²) in [6, 6.07) is 14.7. The number of aryl methyl sites for hydroxylation is 1. The van der Waals surface area contributed by atoms with Gasteiger partial charge in [0, 0.05) is 43.2 Å². The lowest BCUT2D eigenvalue weighted by molar-refractivity contribution is -0.120. The zero-order valence-electron chi connectivity index (χ0n) is 25.2. The van der Waals surface area contributed by atoms with Crippen LogP contribution in [0.5, 0.6) is 11.5 Å². The molecule has 1 N–H and O–H groups in total. The van der Waals surface area contributed by atoms with Gasteiger partial charge in [-0.2, -0.15) is 0 Å². The molecule has 0 radical (unpaired) electrons. The van der Waals surface area contributed by atoms with Gasteiger partial charge in [0.2, 0.25) is 5.91 Å². The number of ether oxygens (including phenoxy) is 3. The van der Waals surface area contributed by atoms with E-state index in [-0.39, 0.29) is 24.7 Å². The molecule has 2 aromatic carbocycles. The lowest BCUT2D eigenvalue weighted by atomic mass is 9.96. The van der Waals surface area contributed by atoms with Crippen LogP contribution in [-0.4, -0.2) is 61.9 Å². The van der Waals surface area contributed by atoms with Gasteiger partial charge in [0.25, 0.3) is 0 Å². The summed E-state index contributed by atoms with van der Waals surface area (Å²) >= 11 is 0. The summed E-state index contributed by atoms with van der Waals surface area (Å²) in [7, 11) is 0. The van der Waals surface area contributed by atoms with Crippen molar-refractivity contribution in [3.05, 3.63) is 77.4 Å². The number of aromatic nitrogens is 1. The first-order chi connectivity index (χ1) is 20.4. The molecule has 1 amide bonds. The predicted molar refractivity (Wildman–Crippen MR) is 163 cm³/mol. The van der Waals surface area contributed by atoms with Gasteiger partial charge in [-0.25, -0.2) is 4.39 Å². The smallest absolute Gasteiger partial charge is 0.226 e. The molecule has 226 valence electrons. The first-order valence-corrected chi connectivity index (χ1v) is 15.1. The molecule has 1 fully saturated rings. The topological polar surface area (TPSA) is 72.9 Å². The van der Waals surface area contributed by atoms with Crippen molar-refractivity contribution in [2.75, 3.05) is 46.1 Å². The number of amides is 1. The molecule has 0 aliphatic carbocycles. The molecule has 1 aliphatic rings. The number of benzene rings is 2. The van der Waals surface area contributed by atoms with Crippen LogP contribution in [0.4, 0.5) is 4.39 Å². The highest BCUT2D eigenvalue weighted by molar-refractivity contribution is 5.78. The number of rotatable bonds is 15. The summed E-state index contributed by atoms with van der Waals surface area (Å²) in [6.07, 6.45) is 5.15. The minimum Gasteiger partial charge on any atom is -0.494 e. The summed E-state index contributed by atoms with van der Waals surface area (Å²) in [4.78, 5) is 19.7. The number of halogens is 1. The summed E-state index contributed by atoms with van der Waals surface area (Å²) in [5.41, 5.74) is 4.71. The van der Waals surface area contributed by atoms with Crippen molar-refractivity contribution in [1.82, 2.24) is 15.2 Å². The Morgan fingerprint density at radius 3 is 2.62 bits per heavy atom. The Labute approximate surface area is 249 Å². The van der Waals surface area contributed by atoms with Crippen LogP contribution < -0.4 is 14.8 Å². The van der Waals surface area contributed by atoms with Gasteiger partial charge in [0.15, 0.2) is 0 Å². The lowest BCUT2D eigenvalue weighted by Gasteiger charge is -2.26. The minimum atomic E-state index is -0.386. The van der Waals surface area contributed by atoms with Crippen molar-refractivity contribution in [3.8, 4) is 22.6 Å². The van der Waals surface area contributed by atoms with Crippen LogP contribution in [0.15, 0.2) is 54.7 Å². The fourth-order valence-electron chi connectivity index (χ4n) is 4.98. The first kappa shape index (κ1) is 31.4. The molecule has 1 aromatic heterocycles. The van der Waals surface area contributed by atoms with E-state index in [9.17, 15) is 9.18 Å². The van der Waals surface area contributed by atoms with Crippen molar-refractivity contribution >= 4 is 5.91 Å². The van der Waals surface area contributed by atoms with Gasteiger partial charge in [-0.3, -0.25) is 14.7 Å². The molecule has 0 unspecified atom stereocenters. The maximum Gasteiger partial charge on any atom is 0.226 e. The maximum absolute atomic E-state index is 14.0. The molecular formula is C34H44FN3O4. The van der Waals surface area contributed by atoms with E-state index < -0.39 is 0 Å². The predicted octanol–water partition coefficient (Wildman–Crippen LogP) is 5.84. The van der Waals surface area contributed by atoms with Crippen LogP contribution >= 0.6 is 0 Å². The third-order valence-electron chi connectivity index (χ3n) is 7.14.